The van der Waals surface area contributed by atoms with Gasteiger partial charge in [0.2, 0.25) is 0 Å². The van der Waals surface area contributed by atoms with Crippen LogP contribution in [0.3, 0.4) is 0 Å². The minimum atomic E-state index is -2.59. The first-order chi connectivity index (χ1) is 9.45. The molecule has 0 unspecified atom stereocenters. The summed E-state index contributed by atoms with van der Waals surface area (Å²) in [4.78, 5) is 0. The minimum absolute atomic E-state index is 0.365. The standard InChI is InChI=1S/C15H22O3Si2/c1-19(2,3)14-4-6-15(7-5-14)20-16-11-8-12(17-20)10-13(9-11)18-20/h4-7,11-13H,8-10H2,1-3H3. The SMILES string of the molecule is C[Si](C)(C)c1ccc([Si]23OC4CC(CC(C4)O2)O3)cc1. The first-order valence-electron chi connectivity index (χ1n) is 7.59. The van der Waals surface area contributed by atoms with Crippen molar-refractivity contribution in [2.75, 3.05) is 0 Å². The molecule has 3 saturated heterocycles. The zero-order valence-electron chi connectivity index (χ0n) is 12.4. The maximum absolute atomic E-state index is 6.23. The van der Waals surface area contributed by atoms with E-state index in [1.807, 2.05) is 0 Å². The molecule has 1 saturated carbocycles. The molecular weight excluding hydrogens is 284 g/mol. The van der Waals surface area contributed by atoms with Crippen molar-refractivity contribution < 1.29 is 13.3 Å². The maximum Gasteiger partial charge on any atom is 0.537 e. The Balaban J connectivity index is 1.67. The van der Waals surface area contributed by atoms with E-state index in [2.05, 4.69) is 43.9 Å². The van der Waals surface area contributed by atoms with E-state index in [1.54, 1.807) is 0 Å². The molecular formula is C15H22O3Si2. The summed E-state index contributed by atoms with van der Waals surface area (Å²) in [6.07, 6.45) is 4.27. The van der Waals surface area contributed by atoms with Gasteiger partial charge in [-0.1, -0.05) is 49.1 Å². The first-order valence-corrected chi connectivity index (χ1v) is 12.8. The highest BCUT2D eigenvalue weighted by atomic mass is 28.4. The lowest BCUT2D eigenvalue weighted by Crippen LogP contribution is -2.71. The monoisotopic (exact) mass is 306 g/mol. The van der Waals surface area contributed by atoms with Gasteiger partial charge < -0.3 is 13.3 Å². The highest BCUT2D eigenvalue weighted by Gasteiger charge is 2.60. The summed E-state index contributed by atoms with van der Waals surface area (Å²) in [7, 11) is -3.84. The van der Waals surface area contributed by atoms with Gasteiger partial charge in [0.1, 0.15) is 0 Å². The molecule has 1 aliphatic carbocycles. The molecule has 1 aromatic carbocycles. The average molecular weight is 307 g/mol. The summed E-state index contributed by atoms with van der Waals surface area (Å²) in [6.45, 7) is 7.11. The van der Waals surface area contributed by atoms with Crippen LogP contribution in [0.25, 0.3) is 0 Å². The second kappa shape index (κ2) is 4.27. The normalized spacial score (nSPS) is 39.2. The van der Waals surface area contributed by atoms with Crippen LogP contribution in [0.1, 0.15) is 19.3 Å². The highest BCUT2D eigenvalue weighted by molar-refractivity contribution is 6.88. The van der Waals surface area contributed by atoms with E-state index in [4.69, 9.17) is 13.3 Å². The van der Waals surface area contributed by atoms with Crippen LogP contribution in [-0.4, -0.2) is 35.2 Å². The van der Waals surface area contributed by atoms with E-state index in [-0.39, 0.29) is 0 Å². The Morgan fingerprint density at radius 2 is 1.30 bits per heavy atom. The molecule has 20 heavy (non-hydrogen) atoms. The summed E-state index contributed by atoms with van der Waals surface area (Å²) in [6, 6.07) is 8.88. The van der Waals surface area contributed by atoms with Crippen molar-refractivity contribution in [2.45, 2.75) is 57.2 Å². The molecule has 0 N–H and O–H groups in total. The van der Waals surface area contributed by atoms with Crippen LogP contribution in [0.15, 0.2) is 24.3 Å². The molecule has 5 heteroatoms. The van der Waals surface area contributed by atoms with Crippen molar-refractivity contribution in [1.82, 2.24) is 0 Å². The van der Waals surface area contributed by atoms with Crippen LogP contribution < -0.4 is 10.4 Å². The van der Waals surface area contributed by atoms with Gasteiger partial charge >= 0.3 is 8.80 Å². The second-order valence-corrected chi connectivity index (χ2v) is 14.8. The predicted octanol–water partition coefficient (Wildman–Crippen LogP) is 1.74. The van der Waals surface area contributed by atoms with E-state index in [9.17, 15) is 0 Å². The average Bonchev–Trinajstić information content (AvgIpc) is 2.36. The van der Waals surface area contributed by atoms with Crippen molar-refractivity contribution in [1.29, 1.82) is 0 Å². The lowest BCUT2D eigenvalue weighted by atomic mass is 9.93. The fourth-order valence-electron chi connectivity index (χ4n) is 3.58. The molecule has 0 amide bonds. The molecule has 4 bridgehead atoms. The number of hydrogen-bond donors (Lipinski definition) is 0. The van der Waals surface area contributed by atoms with Crippen molar-refractivity contribution in [3.8, 4) is 0 Å². The maximum atomic E-state index is 6.23. The van der Waals surface area contributed by atoms with Crippen molar-refractivity contribution in [3.63, 3.8) is 0 Å². The molecule has 0 atom stereocenters. The third-order valence-corrected chi connectivity index (χ3v) is 9.68. The number of hydrogen-bond acceptors (Lipinski definition) is 3. The quantitative estimate of drug-likeness (QED) is 0.779. The Morgan fingerprint density at radius 1 is 0.850 bits per heavy atom. The molecule has 3 aliphatic heterocycles. The van der Waals surface area contributed by atoms with E-state index in [0.29, 0.717) is 18.3 Å². The molecule has 0 aromatic heterocycles. The van der Waals surface area contributed by atoms with Crippen molar-refractivity contribution in [3.05, 3.63) is 24.3 Å². The molecule has 5 rings (SSSR count). The molecule has 3 heterocycles. The van der Waals surface area contributed by atoms with Gasteiger partial charge in [-0.25, -0.2) is 0 Å². The topological polar surface area (TPSA) is 27.7 Å². The lowest BCUT2D eigenvalue weighted by Gasteiger charge is -2.53. The summed E-state index contributed by atoms with van der Waals surface area (Å²) < 4.78 is 18.7. The summed E-state index contributed by atoms with van der Waals surface area (Å²) in [5, 5.41) is 2.62. The van der Waals surface area contributed by atoms with Gasteiger partial charge in [-0.2, -0.15) is 0 Å². The zero-order chi connectivity index (χ0) is 14.0. The Labute approximate surface area is 122 Å². The Morgan fingerprint density at radius 3 is 1.70 bits per heavy atom. The van der Waals surface area contributed by atoms with E-state index >= 15 is 0 Å². The Hall–Kier alpha value is -0.466. The van der Waals surface area contributed by atoms with Gasteiger partial charge in [0, 0.05) is 5.19 Å². The van der Waals surface area contributed by atoms with Crippen molar-refractivity contribution in [2.24, 2.45) is 0 Å². The van der Waals surface area contributed by atoms with Crippen LogP contribution in [0.5, 0.6) is 0 Å². The van der Waals surface area contributed by atoms with Gasteiger partial charge in [-0.15, -0.1) is 0 Å². The second-order valence-electron chi connectivity index (χ2n) is 7.31. The molecule has 0 spiro atoms. The number of benzene rings is 1. The highest BCUT2D eigenvalue weighted by Crippen LogP contribution is 2.41. The molecule has 3 nitrogen and oxygen atoms in total. The van der Waals surface area contributed by atoms with Gasteiger partial charge in [0.15, 0.2) is 0 Å². The Bertz CT molecular complexity index is 486. The van der Waals surface area contributed by atoms with Gasteiger partial charge in [-0.3, -0.25) is 0 Å². The Kier molecular flexibility index (Phi) is 2.82. The van der Waals surface area contributed by atoms with Crippen LogP contribution in [-0.2, 0) is 13.3 Å². The fourth-order valence-corrected chi connectivity index (χ4v) is 7.79. The van der Waals surface area contributed by atoms with Gasteiger partial charge in [0.25, 0.3) is 0 Å². The largest absolute Gasteiger partial charge is 0.537 e. The van der Waals surface area contributed by atoms with E-state index < -0.39 is 16.9 Å². The van der Waals surface area contributed by atoms with E-state index in [1.165, 1.54) is 5.19 Å². The smallest absolute Gasteiger partial charge is 0.367 e. The van der Waals surface area contributed by atoms with Gasteiger partial charge in [-0.05, 0) is 19.3 Å². The zero-order valence-corrected chi connectivity index (χ0v) is 14.4. The third-order valence-electron chi connectivity index (χ3n) is 4.65. The van der Waals surface area contributed by atoms with Gasteiger partial charge in [0.05, 0.1) is 26.4 Å². The molecule has 4 fully saturated rings. The molecule has 0 radical (unpaired) electrons. The molecule has 4 aliphatic rings. The fraction of sp³-hybridized carbons (Fsp3) is 0.600. The summed E-state index contributed by atoms with van der Waals surface area (Å²) >= 11 is 0. The molecule has 108 valence electrons. The predicted molar refractivity (Wildman–Crippen MR) is 83.3 cm³/mol. The van der Waals surface area contributed by atoms with Crippen LogP contribution in [0, 0.1) is 0 Å². The summed E-state index contributed by atoms with van der Waals surface area (Å²) in [5.74, 6) is 0. The summed E-state index contributed by atoms with van der Waals surface area (Å²) in [5.41, 5.74) is 0. The third kappa shape index (κ3) is 2.03. The molecule has 1 aromatic rings. The van der Waals surface area contributed by atoms with Crippen LogP contribution >= 0.6 is 0 Å². The van der Waals surface area contributed by atoms with Crippen molar-refractivity contribution >= 4 is 27.3 Å². The lowest BCUT2D eigenvalue weighted by molar-refractivity contribution is -0.161. The van der Waals surface area contributed by atoms with Crippen LogP contribution in [0.2, 0.25) is 19.6 Å². The van der Waals surface area contributed by atoms with Crippen LogP contribution in [0.4, 0.5) is 0 Å². The minimum Gasteiger partial charge on any atom is -0.367 e. The first kappa shape index (κ1) is 13.2. The van der Waals surface area contributed by atoms with E-state index in [0.717, 1.165) is 24.4 Å². The number of rotatable bonds is 2.